The van der Waals surface area contributed by atoms with Gasteiger partial charge < -0.3 is 10.4 Å². The first-order chi connectivity index (χ1) is 8.59. The fourth-order valence-corrected chi connectivity index (χ4v) is 1.70. The second kappa shape index (κ2) is 5.20. The number of hydrogen-bond donors (Lipinski definition) is 2. The third kappa shape index (κ3) is 2.52. The van der Waals surface area contributed by atoms with Gasteiger partial charge in [0.25, 0.3) is 5.91 Å². The Balaban J connectivity index is 2.30. The van der Waals surface area contributed by atoms with Gasteiger partial charge in [-0.2, -0.15) is 0 Å². The van der Waals surface area contributed by atoms with Gasteiger partial charge in [-0.15, -0.1) is 0 Å². The summed E-state index contributed by atoms with van der Waals surface area (Å²) in [5.74, 6) is -0.689. The van der Waals surface area contributed by atoms with Gasteiger partial charge >= 0.3 is 0 Å². The number of hydrogen-bond acceptors (Lipinski definition) is 4. The van der Waals surface area contributed by atoms with E-state index in [0.29, 0.717) is 0 Å². The van der Waals surface area contributed by atoms with Crippen molar-refractivity contribution in [3.63, 3.8) is 0 Å². The summed E-state index contributed by atoms with van der Waals surface area (Å²) in [6, 6.07) is 6.10. The van der Waals surface area contributed by atoms with Gasteiger partial charge in [-0.3, -0.25) is 4.79 Å². The Morgan fingerprint density at radius 3 is 2.39 bits per heavy atom. The minimum atomic E-state index is -0.549. The fourth-order valence-electron chi connectivity index (χ4n) is 1.29. The molecule has 2 aromatic rings. The van der Waals surface area contributed by atoms with E-state index in [4.69, 9.17) is 23.2 Å². The number of anilines is 1. The summed E-state index contributed by atoms with van der Waals surface area (Å²) in [4.78, 5) is 19.3. The summed E-state index contributed by atoms with van der Waals surface area (Å²) in [7, 11) is 0. The van der Waals surface area contributed by atoms with Crippen molar-refractivity contribution < 1.29 is 9.90 Å². The Morgan fingerprint density at radius 1 is 1.17 bits per heavy atom. The van der Waals surface area contributed by atoms with Gasteiger partial charge in [0.05, 0.1) is 5.56 Å². The molecule has 92 valence electrons. The molecule has 1 aromatic carbocycles. The number of rotatable bonds is 2. The molecule has 2 rings (SSSR count). The smallest absolute Gasteiger partial charge is 0.259 e. The number of amides is 1. The van der Waals surface area contributed by atoms with Crippen LogP contribution < -0.4 is 5.32 Å². The molecule has 1 amide bonds. The van der Waals surface area contributed by atoms with Crippen molar-refractivity contribution in [2.45, 2.75) is 0 Å². The van der Waals surface area contributed by atoms with E-state index in [-0.39, 0.29) is 27.3 Å². The van der Waals surface area contributed by atoms with Crippen molar-refractivity contribution in [3.8, 4) is 5.75 Å². The standard InChI is InChI=1S/C11H7Cl2N3O2/c12-9-8(10(13)15-5-14-9)16-11(18)6-3-1-2-4-7(6)17/h1-5,17H,(H,16,18). The average Bonchev–Trinajstić information content (AvgIpc) is 2.34. The van der Waals surface area contributed by atoms with Crippen molar-refractivity contribution >= 4 is 34.8 Å². The third-order valence-corrected chi connectivity index (χ3v) is 2.72. The quantitative estimate of drug-likeness (QED) is 0.831. The number of benzene rings is 1. The Bertz CT molecular complexity index is 584. The summed E-state index contributed by atoms with van der Waals surface area (Å²) in [5.41, 5.74) is 0.211. The SMILES string of the molecule is O=C(Nc1c(Cl)ncnc1Cl)c1ccccc1O. The van der Waals surface area contributed by atoms with Crippen LogP contribution >= 0.6 is 23.2 Å². The molecular weight excluding hydrogens is 277 g/mol. The first-order valence-electron chi connectivity index (χ1n) is 4.85. The van der Waals surface area contributed by atoms with Gasteiger partial charge in [0.1, 0.15) is 17.8 Å². The van der Waals surface area contributed by atoms with Gasteiger partial charge in [-0.25, -0.2) is 9.97 Å². The van der Waals surface area contributed by atoms with Crippen LogP contribution in [0.2, 0.25) is 10.3 Å². The van der Waals surface area contributed by atoms with Crippen molar-refractivity contribution in [3.05, 3.63) is 46.5 Å². The summed E-state index contributed by atoms with van der Waals surface area (Å²) in [5, 5.41) is 12.0. The zero-order valence-corrected chi connectivity index (χ0v) is 10.4. The number of halogens is 2. The molecule has 7 heteroatoms. The number of nitrogens with zero attached hydrogens (tertiary/aromatic N) is 2. The molecule has 0 fully saturated rings. The monoisotopic (exact) mass is 283 g/mol. The summed E-state index contributed by atoms with van der Waals surface area (Å²) < 4.78 is 0. The van der Waals surface area contributed by atoms with Crippen molar-refractivity contribution in [2.24, 2.45) is 0 Å². The van der Waals surface area contributed by atoms with Crippen LogP contribution in [0.25, 0.3) is 0 Å². The second-order valence-corrected chi connectivity index (χ2v) is 4.02. The summed E-state index contributed by atoms with van der Waals surface area (Å²) >= 11 is 11.6. The molecule has 0 atom stereocenters. The zero-order chi connectivity index (χ0) is 13.1. The Morgan fingerprint density at radius 2 is 1.78 bits per heavy atom. The molecule has 0 radical (unpaired) electrons. The van der Waals surface area contributed by atoms with E-state index in [2.05, 4.69) is 15.3 Å². The van der Waals surface area contributed by atoms with E-state index in [0.717, 1.165) is 0 Å². The molecule has 0 aliphatic rings. The molecule has 5 nitrogen and oxygen atoms in total. The summed E-state index contributed by atoms with van der Waals surface area (Å²) in [6.45, 7) is 0. The van der Waals surface area contributed by atoms with Gasteiger partial charge in [-0.05, 0) is 12.1 Å². The number of aromatic hydroxyl groups is 1. The molecule has 0 saturated heterocycles. The lowest BCUT2D eigenvalue weighted by Gasteiger charge is -2.08. The lowest BCUT2D eigenvalue weighted by Crippen LogP contribution is -2.13. The molecule has 18 heavy (non-hydrogen) atoms. The van der Waals surface area contributed by atoms with E-state index >= 15 is 0 Å². The van der Waals surface area contributed by atoms with Crippen LogP contribution in [0, 0.1) is 0 Å². The predicted octanol–water partition coefficient (Wildman–Crippen LogP) is 2.74. The van der Waals surface area contributed by atoms with E-state index in [1.807, 2.05) is 0 Å². The van der Waals surface area contributed by atoms with Gasteiger partial charge in [0, 0.05) is 0 Å². The Kier molecular flexibility index (Phi) is 3.64. The molecule has 0 saturated carbocycles. The summed E-state index contributed by atoms with van der Waals surface area (Å²) in [6.07, 6.45) is 1.18. The number of aromatic nitrogens is 2. The molecular formula is C11H7Cl2N3O2. The minimum Gasteiger partial charge on any atom is -0.507 e. The first-order valence-corrected chi connectivity index (χ1v) is 5.60. The van der Waals surface area contributed by atoms with Gasteiger partial charge in [0.2, 0.25) is 0 Å². The van der Waals surface area contributed by atoms with Gasteiger partial charge in [0.15, 0.2) is 10.3 Å². The molecule has 0 bridgehead atoms. The van der Waals surface area contributed by atoms with E-state index < -0.39 is 5.91 Å². The highest BCUT2D eigenvalue weighted by atomic mass is 35.5. The zero-order valence-electron chi connectivity index (χ0n) is 8.89. The van der Waals surface area contributed by atoms with Crippen molar-refractivity contribution in [1.82, 2.24) is 9.97 Å². The average molecular weight is 284 g/mol. The largest absolute Gasteiger partial charge is 0.507 e. The van der Waals surface area contributed by atoms with Crippen LogP contribution in [0.5, 0.6) is 5.75 Å². The normalized spacial score (nSPS) is 10.1. The number of carbonyl (C=O) groups excluding carboxylic acids is 1. The van der Waals surface area contributed by atoms with Crippen LogP contribution in [-0.2, 0) is 0 Å². The highest BCUT2D eigenvalue weighted by molar-refractivity contribution is 6.38. The maximum absolute atomic E-state index is 11.9. The molecule has 1 heterocycles. The van der Waals surface area contributed by atoms with E-state index in [1.54, 1.807) is 12.1 Å². The van der Waals surface area contributed by atoms with Crippen LogP contribution in [0.3, 0.4) is 0 Å². The van der Waals surface area contributed by atoms with Crippen LogP contribution in [-0.4, -0.2) is 21.0 Å². The van der Waals surface area contributed by atoms with Crippen LogP contribution in [0.4, 0.5) is 5.69 Å². The Hall–Kier alpha value is -1.85. The van der Waals surface area contributed by atoms with Crippen molar-refractivity contribution in [2.75, 3.05) is 5.32 Å². The van der Waals surface area contributed by atoms with Crippen LogP contribution in [0.1, 0.15) is 10.4 Å². The fraction of sp³-hybridized carbons (Fsp3) is 0. The molecule has 1 aromatic heterocycles. The lowest BCUT2D eigenvalue weighted by atomic mass is 10.2. The maximum Gasteiger partial charge on any atom is 0.259 e. The topological polar surface area (TPSA) is 75.1 Å². The minimum absolute atomic E-state index is 0.0266. The highest BCUT2D eigenvalue weighted by Gasteiger charge is 2.15. The number of para-hydroxylation sites is 1. The number of nitrogens with one attached hydrogen (secondary N) is 1. The molecule has 0 unspecified atom stereocenters. The highest BCUT2D eigenvalue weighted by Crippen LogP contribution is 2.27. The third-order valence-electron chi connectivity index (χ3n) is 2.14. The second-order valence-electron chi connectivity index (χ2n) is 3.30. The van der Waals surface area contributed by atoms with E-state index in [1.165, 1.54) is 18.5 Å². The number of carbonyl (C=O) groups is 1. The van der Waals surface area contributed by atoms with E-state index in [9.17, 15) is 9.90 Å². The van der Waals surface area contributed by atoms with Crippen molar-refractivity contribution in [1.29, 1.82) is 0 Å². The molecule has 0 aliphatic carbocycles. The molecule has 0 aliphatic heterocycles. The molecule has 2 N–H and O–H groups in total. The maximum atomic E-state index is 11.9. The lowest BCUT2D eigenvalue weighted by molar-refractivity contribution is 0.102. The predicted molar refractivity (Wildman–Crippen MR) is 68.1 cm³/mol. The first kappa shape index (κ1) is 12.6. The molecule has 0 spiro atoms. The number of phenolic OH excluding ortho intramolecular Hbond substituents is 1. The number of phenols is 1. The van der Waals surface area contributed by atoms with Gasteiger partial charge in [-0.1, -0.05) is 35.3 Å². The Labute approximate surface area is 112 Å². The van der Waals surface area contributed by atoms with Crippen LogP contribution in [0.15, 0.2) is 30.6 Å².